The minimum atomic E-state index is -0.656. The van der Waals surface area contributed by atoms with E-state index in [0.717, 1.165) is 16.2 Å². The maximum Gasteiger partial charge on any atom is 0.443 e. The molecule has 0 amide bonds. The number of aryl methyl sites for hydroxylation is 1. The molecule has 0 aromatic carbocycles. The number of nitrogens with zero attached hydrogens (tertiary/aromatic N) is 2. The monoisotopic (exact) mass is 279 g/mol. The fraction of sp³-hybridized carbons (Fsp3) is 0.500. The SMILES string of the molecule is Cc1c(Cl)cnc2c1ccn2[Si+](C(C)C)C(C)C. The van der Waals surface area contributed by atoms with E-state index in [1.807, 2.05) is 0 Å². The van der Waals surface area contributed by atoms with Gasteiger partial charge in [0.2, 0.25) is 0 Å². The van der Waals surface area contributed by atoms with Gasteiger partial charge in [-0.2, -0.15) is 4.23 Å². The van der Waals surface area contributed by atoms with E-state index in [9.17, 15) is 0 Å². The van der Waals surface area contributed by atoms with E-state index in [2.05, 4.69) is 56.1 Å². The minimum Gasteiger partial charge on any atom is -0.234 e. The summed E-state index contributed by atoms with van der Waals surface area (Å²) >= 11 is 6.14. The van der Waals surface area contributed by atoms with Crippen molar-refractivity contribution in [3.63, 3.8) is 0 Å². The second-order valence-corrected chi connectivity index (χ2v) is 9.44. The third kappa shape index (κ3) is 2.21. The molecule has 0 radical (unpaired) electrons. The highest BCUT2D eigenvalue weighted by Crippen LogP contribution is 2.29. The van der Waals surface area contributed by atoms with E-state index in [0.29, 0.717) is 11.1 Å². The zero-order valence-electron chi connectivity index (χ0n) is 11.7. The van der Waals surface area contributed by atoms with Crippen molar-refractivity contribution in [1.82, 2.24) is 9.22 Å². The molecule has 2 aromatic heterocycles. The van der Waals surface area contributed by atoms with Crippen molar-refractivity contribution in [3.05, 3.63) is 29.0 Å². The molecular weight excluding hydrogens is 260 g/mol. The fourth-order valence-corrected chi connectivity index (χ4v) is 5.89. The molecule has 0 fully saturated rings. The minimum absolute atomic E-state index is 0.656. The maximum absolute atomic E-state index is 6.14. The van der Waals surface area contributed by atoms with Crippen LogP contribution in [0.15, 0.2) is 18.5 Å². The number of rotatable bonds is 3. The van der Waals surface area contributed by atoms with Crippen LogP contribution >= 0.6 is 11.6 Å². The van der Waals surface area contributed by atoms with Gasteiger partial charge in [-0.3, -0.25) is 0 Å². The number of hydrogen-bond acceptors (Lipinski definition) is 1. The molecule has 0 bridgehead atoms. The van der Waals surface area contributed by atoms with Crippen LogP contribution in [0.1, 0.15) is 33.3 Å². The first-order chi connectivity index (χ1) is 8.43. The van der Waals surface area contributed by atoms with Crippen molar-refractivity contribution < 1.29 is 0 Å². The average Bonchev–Trinajstić information content (AvgIpc) is 2.67. The molecule has 0 aliphatic heterocycles. The fourth-order valence-electron chi connectivity index (χ4n) is 2.62. The molecule has 2 heterocycles. The van der Waals surface area contributed by atoms with Crippen LogP contribution in [-0.4, -0.2) is 18.2 Å². The van der Waals surface area contributed by atoms with Gasteiger partial charge in [0.1, 0.15) is 0 Å². The Morgan fingerprint density at radius 1 is 1.22 bits per heavy atom. The highest BCUT2D eigenvalue weighted by Gasteiger charge is 2.39. The molecule has 0 saturated heterocycles. The first-order valence-corrected chi connectivity index (χ1v) is 8.40. The van der Waals surface area contributed by atoms with Gasteiger partial charge in [0.05, 0.1) is 16.1 Å². The smallest absolute Gasteiger partial charge is 0.234 e. The molecule has 96 valence electrons. The topological polar surface area (TPSA) is 17.8 Å². The summed E-state index contributed by atoms with van der Waals surface area (Å²) in [5.74, 6) is 0. The van der Waals surface area contributed by atoms with Gasteiger partial charge in [-0.25, -0.2) is 4.98 Å². The predicted octanol–water partition coefficient (Wildman–Crippen LogP) is 4.66. The number of fused-ring (bicyclic) bond motifs is 1. The largest absolute Gasteiger partial charge is 0.443 e. The van der Waals surface area contributed by atoms with Gasteiger partial charge >= 0.3 is 8.96 Å². The lowest BCUT2D eigenvalue weighted by molar-refractivity contribution is 0.891. The molecule has 2 aromatic rings. The summed E-state index contributed by atoms with van der Waals surface area (Å²) in [6, 6.07) is 2.15. The van der Waals surface area contributed by atoms with Crippen LogP contribution in [0.4, 0.5) is 0 Å². The summed E-state index contributed by atoms with van der Waals surface area (Å²) in [7, 11) is -0.656. The number of aromatic nitrogens is 2. The van der Waals surface area contributed by atoms with E-state index < -0.39 is 8.96 Å². The average molecular weight is 280 g/mol. The van der Waals surface area contributed by atoms with E-state index in [1.165, 1.54) is 5.39 Å². The van der Waals surface area contributed by atoms with Crippen LogP contribution in [0.3, 0.4) is 0 Å². The Bertz CT molecular complexity index is 552. The normalized spacial score (nSPS) is 11.8. The third-order valence-electron chi connectivity index (χ3n) is 3.38. The molecule has 0 aliphatic carbocycles. The molecule has 0 aliphatic rings. The first-order valence-electron chi connectivity index (χ1n) is 6.42. The molecular formula is C14H20ClN2Si+. The predicted molar refractivity (Wildman–Crippen MR) is 80.8 cm³/mol. The van der Waals surface area contributed by atoms with Gasteiger partial charge in [-0.1, -0.05) is 11.6 Å². The Kier molecular flexibility index (Phi) is 3.83. The van der Waals surface area contributed by atoms with Gasteiger partial charge < -0.3 is 0 Å². The summed E-state index contributed by atoms with van der Waals surface area (Å²) in [4.78, 5) is 4.54. The highest BCUT2D eigenvalue weighted by atomic mass is 35.5. The Morgan fingerprint density at radius 3 is 2.39 bits per heavy atom. The molecule has 18 heavy (non-hydrogen) atoms. The van der Waals surface area contributed by atoms with Gasteiger partial charge in [0.25, 0.3) is 0 Å². The zero-order valence-corrected chi connectivity index (χ0v) is 13.4. The summed E-state index contributed by atoms with van der Waals surface area (Å²) < 4.78 is 2.40. The summed E-state index contributed by atoms with van der Waals surface area (Å²) in [6.45, 7) is 11.3. The van der Waals surface area contributed by atoms with Crippen LogP contribution in [0.2, 0.25) is 16.1 Å². The van der Waals surface area contributed by atoms with E-state index in [1.54, 1.807) is 6.20 Å². The summed E-state index contributed by atoms with van der Waals surface area (Å²) in [5.41, 5.74) is 3.59. The third-order valence-corrected chi connectivity index (χ3v) is 7.05. The standard InChI is InChI=1S/C14H20ClN2Si/c1-9(2)18(10(3)4)17-7-6-12-11(5)13(15)8-16-14(12)17/h6-10H,1-5H3/q+1. The lowest BCUT2D eigenvalue weighted by Gasteiger charge is -2.10. The van der Waals surface area contributed by atoms with Crippen LogP contribution < -0.4 is 0 Å². The van der Waals surface area contributed by atoms with Crippen molar-refractivity contribution in [3.8, 4) is 0 Å². The van der Waals surface area contributed by atoms with Crippen molar-refractivity contribution in [2.24, 2.45) is 0 Å². The second kappa shape index (κ2) is 5.06. The Morgan fingerprint density at radius 2 is 1.83 bits per heavy atom. The molecule has 4 heteroatoms. The first kappa shape index (κ1) is 13.6. The molecule has 0 saturated carbocycles. The van der Waals surface area contributed by atoms with Gasteiger partial charge in [0.15, 0.2) is 5.65 Å². The van der Waals surface area contributed by atoms with Crippen molar-refractivity contribution >= 4 is 31.6 Å². The molecule has 0 atom stereocenters. The van der Waals surface area contributed by atoms with Crippen LogP contribution in [0.25, 0.3) is 11.0 Å². The molecule has 0 spiro atoms. The molecule has 0 unspecified atom stereocenters. The highest BCUT2D eigenvalue weighted by molar-refractivity contribution is 6.61. The number of hydrogen-bond donors (Lipinski definition) is 0. The number of halogens is 1. The zero-order chi connectivity index (χ0) is 13.4. The van der Waals surface area contributed by atoms with Crippen molar-refractivity contribution in [2.75, 3.05) is 0 Å². The van der Waals surface area contributed by atoms with Crippen molar-refractivity contribution in [2.45, 2.75) is 45.7 Å². The van der Waals surface area contributed by atoms with E-state index in [4.69, 9.17) is 11.6 Å². The number of pyridine rings is 1. The van der Waals surface area contributed by atoms with Gasteiger partial charge in [0, 0.05) is 17.8 Å². The summed E-state index contributed by atoms with van der Waals surface area (Å²) in [5, 5.41) is 1.94. The van der Waals surface area contributed by atoms with E-state index >= 15 is 0 Å². The lowest BCUT2D eigenvalue weighted by atomic mass is 10.2. The Balaban J connectivity index is 2.62. The van der Waals surface area contributed by atoms with Crippen LogP contribution in [-0.2, 0) is 0 Å². The Hall–Kier alpha value is -0.803. The quantitative estimate of drug-likeness (QED) is 0.748. The second-order valence-electron chi connectivity index (χ2n) is 5.39. The van der Waals surface area contributed by atoms with Crippen LogP contribution in [0, 0.1) is 6.92 Å². The van der Waals surface area contributed by atoms with Gasteiger partial charge in [-0.15, -0.1) is 0 Å². The molecule has 2 nitrogen and oxygen atoms in total. The Labute approximate surface area is 116 Å². The molecule has 0 N–H and O–H groups in total. The molecule has 2 rings (SSSR count). The lowest BCUT2D eigenvalue weighted by Crippen LogP contribution is -2.30. The van der Waals surface area contributed by atoms with E-state index in [-0.39, 0.29) is 0 Å². The van der Waals surface area contributed by atoms with Crippen LogP contribution in [0.5, 0.6) is 0 Å². The van der Waals surface area contributed by atoms with Crippen molar-refractivity contribution in [1.29, 1.82) is 0 Å². The summed E-state index contributed by atoms with van der Waals surface area (Å²) in [6.07, 6.45) is 3.96. The van der Waals surface area contributed by atoms with Gasteiger partial charge in [-0.05, 0) is 46.2 Å². The maximum atomic E-state index is 6.14.